The van der Waals surface area contributed by atoms with Crippen LogP contribution in [-0.4, -0.2) is 40.3 Å². The minimum Gasteiger partial charge on any atom is -0.348 e. The molecule has 9 heteroatoms. The van der Waals surface area contributed by atoms with Gasteiger partial charge in [0.2, 0.25) is 5.91 Å². The van der Waals surface area contributed by atoms with E-state index in [1.165, 1.54) is 19.4 Å². The second kappa shape index (κ2) is 8.57. The van der Waals surface area contributed by atoms with Gasteiger partial charge in [-0.25, -0.2) is 9.78 Å². The number of carbonyl (C=O) groups excluding carboxylic acids is 3. The van der Waals surface area contributed by atoms with Gasteiger partial charge in [-0.3, -0.25) is 9.59 Å². The van der Waals surface area contributed by atoms with E-state index >= 15 is 0 Å². The fourth-order valence-corrected chi connectivity index (χ4v) is 1.46. The summed E-state index contributed by atoms with van der Waals surface area (Å²) in [5.41, 5.74) is 8.06. The Kier molecular flexibility index (Phi) is 6.77. The first kappa shape index (κ1) is 17.4. The number of amides is 2. The van der Waals surface area contributed by atoms with Gasteiger partial charge in [-0.15, -0.1) is 0 Å². The van der Waals surface area contributed by atoms with E-state index in [1.807, 2.05) is 5.48 Å². The lowest BCUT2D eigenvalue weighted by Crippen LogP contribution is -2.46. The third-order valence-corrected chi connectivity index (χ3v) is 2.60. The number of nitrogens with two attached hydrogens (primary N) is 1. The number of aromatic nitrogens is 2. The average molecular weight is 309 g/mol. The summed E-state index contributed by atoms with van der Waals surface area (Å²) in [6.45, 7) is 5.03. The van der Waals surface area contributed by atoms with Crippen molar-refractivity contribution in [2.24, 2.45) is 5.73 Å². The quantitative estimate of drug-likeness (QED) is 0.374. The molecule has 0 spiro atoms. The Labute approximate surface area is 127 Å². The van der Waals surface area contributed by atoms with Crippen LogP contribution in [0.3, 0.4) is 0 Å². The van der Waals surface area contributed by atoms with E-state index in [2.05, 4.69) is 26.7 Å². The fraction of sp³-hybridized carbons (Fsp3) is 0.385. The molecule has 1 aromatic rings. The van der Waals surface area contributed by atoms with Crippen LogP contribution in [0.25, 0.3) is 0 Å². The number of hydrogen-bond donors (Lipinski definition) is 4. The first-order valence-corrected chi connectivity index (χ1v) is 6.57. The molecule has 120 valence electrons. The number of carbonyl (C=O) groups is 3. The van der Waals surface area contributed by atoms with Crippen molar-refractivity contribution in [3.05, 3.63) is 30.4 Å². The third kappa shape index (κ3) is 5.75. The Morgan fingerprint density at radius 1 is 1.50 bits per heavy atom. The van der Waals surface area contributed by atoms with Crippen molar-refractivity contribution in [3.8, 4) is 0 Å². The van der Waals surface area contributed by atoms with Gasteiger partial charge in [0.25, 0.3) is 5.91 Å². The van der Waals surface area contributed by atoms with Crippen LogP contribution in [-0.2, 0) is 25.6 Å². The van der Waals surface area contributed by atoms with Crippen LogP contribution in [0.15, 0.2) is 24.7 Å². The van der Waals surface area contributed by atoms with Gasteiger partial charge < -0.3 is 20.9 Å². The zero-order valence-electron chi connectivity index (χ0n) is 12.2. The van der Waals surface area contributed by atoms with E-state index in [9.17, 15) is 14.4 Å². The highest BCUT2D eigenvalue weighted by atomic mass is 16.7. The molecule has 0 aromatic carbocycles. The van der Waals surface area contributed by atoms with Crippen LogP contribution in [0.2, 0.25) is 0 Å². The van der Waals surface area contributed by atoms with Crippen LogP contribution in [0.1, 0.15) is 19.0 Å². The lowest BCUT2D eigenvalue weighted by Gasteiger charge is -2.16. The molecule has 2 amide bonds. The number of nitrogens with one attached hydrogen (secondary N) is 3. The first-order valence-electron chi connectivity index (χ1n) is 6.57. The maximum atomic E-state index is 12.0. The van der Waals surface area contributed by atoms with Crippen molar-refractivity contribution < 1.29 is 19.2 Å². The summed E-state index contributed by atoms with van der Waals surface area (Å²) in [6.07, 6.45) is 3.17. The number of nitrogens with zero attached hydrogens (tertiary/aromatic N) is 1. The van der Waals surface area contributed by atoms with Gasteiger partial charge in [0, 0.05) is 36.9 Å². The van der Waals surface area contributed by atoms with Gasteiger partial charge in [-0.2, -0.15) is 5.48 Å². The normalized spacial score (nSPS) is 11.4. The minimum atomic E-state index is -0.982. The molecule has 0 aliphatic heterocycles. The molecule has 22 heavy (non-hydrogen) atoms. The Morgan fingerprint density at radius 2 is 2.23 bits per heavy atom. The lowest BCUT2D eigenvalue weighted by molar-refractivity contribution is -0.159. The summed E-state index contributed by atoms with van der Waals surface area (Å²) in [7, 11) is 0. The summed E-state index contributed by atoms with van der Waals surface area (Å²) in [6, 6.07) is -0.982. The molecule has 5 N–H and O–H groups in total. The number of hydroxylamine groups is 1. The van der Waals surface area contributed by atoms with Gasteiger partial charge >= 0.3 is 5.97 Å². The number of hydrogen-bond acceptors (Lipinski definition) is 6. The van der Waals surface area contributed by atoms with Crippen molar-refractivity contribution in [1.82, 2.24) is 20.8 Å². The molecule has 0 radical (unpaired) electrons. The molecule has 9 nitrogen and oxygen atoms in total. The maximum absolute atomic E-state index is 12.0. The Bertz CT molecular complexity index is 541. The number of H-pyrrole nitrogens is 1. The highest BCUT2D eigenvalue weighted by Crippen LogP contribution is 2.01. The maximum Gasteiger partial charge on any atom is 0.354 e. The van der Waals surface area contributed by atoms with E-state index in [-0.39, 0.29) is 25.0 Å². The molecule has 0 saturated carbocycles. The predicted octanol–water partition coefficient (Wildman–Crippen LogP) is -1.06. The van der Waals surface area contributed by atoms with Crippen LogP contribution >= 0.6 is 0 Å². The second-order valence-corrected chi connectivity index (χ2v) is 4.57. The Morgan fingerprint density at radius 3 is 2.77 bits per heavy atom. The summed E-state index contributed by atoms with van der Waals surface area (Å²) < 4.78 is 0. The fourth-order valence-electron chi connectivity index (χ4n) is 1.46. The zero-order valence-corrected chi connectivity index (χ0v) is 12.2. The van der Waals surface area contributed by atoms with Crippen LogP contribution < -0.4 is 16.5 Å². The monoisotopic (exact) mass is 309 g/mol. The van der Waals surface area contributed by atoms with E-state index < -0.39 is 23.8 Å². The lowest BCUT2D eigenvalue weighted by atomic mass is 10.1. The molecule has 0 aliphatic rings. The van der Waals surface area contributed by atoms with E-state index in [4.69, 9.17) is 5.73 Å². The van der Waals surface area contributed by atoms with Gasteiger partial charge in [-0.1, -0.05) is 6.58 Å². The highest BCUT2D eigenvalue weighted by molar-refractivity contribution is 5.92. The molecule has 1 rings (SSSR count). The summed E-state index contributed by atoms with van der Waals surface area (Å²) in [4.78, 5) is 46.2. The molecule has 1 aromatic heterocycles. The van der Waals surface area contributed by atoms with Crippen molar-refractivity contribution in [1.29, 1.82) is 0 Å². The second-order valence-electron chi connectivity index (χ2n) is 4.57. The standard InChI is InChI=1S/C13H19N5O4/c1-8(2)12(20)18-22-13(21)10(17-11(19)3-4-14)5-9-6-15-7-16-9/h6-7,10H,1,3-5,14H2,2H3,(H,15,16)(H,17,19)(H,18,20)/t10-/m0/s1. The molecule has 0 aliphatic carbocycles. The van der Waals surface area contributed by atoms with Crippen molar-refractivity contribution in [3.63, 3.8) is 0 Å². The molecule has 1 atom stereocenters. The number of aromatic amines is 1. The number of rotatable bonds is 7. The number of imidazole rings is 1. The van der Waals surface area contributed by atoms with E-state index in [0.29, 0.717) is 5.69 Å². The highest BCUT2D eigenvalue weighted by Gasteiger charge is 2.24. The van der Waals surface area contributed by atoms with E-state index in [0.717, 1.165) is 0 Å². The van der Waals surface area contributed by atoms with E-state index in [1.54, 1.807) is 0 Å². The molecular weight excluding hydrogens is 290 g/mol. The third-order valence-electron chi connectivity index (χ3n) is 2.60. The Hall–Kier alpha value is -2.68. The molecule has 0 saturated heterocycles. The molecular formula is C13H19N5O4. The predicted molar refractivity (Wildman–Crippen MR) is 76.9 cm³/mol. The van der Waals surface area contributed by atoms with Gasteiger partial charge in [-0.05, 0) is 6.92 Å². The zero-order chi connectivity index (χ0) is 16.5. The van der Waals surface area contributed by atoms with Gasteiger partial charge in [0.1, 0.15) is 6.04 Å². The molecule has 1 heterocycles. The average Bonchev–Trinajstić information content (AvgIpc) is 2.96. The first-order chi connectivity index (χ1) is 10.4. The van der Waals surface area contributed by atoms with Gasteiger partial charge in [0.15, 0.2) is 0 Å². The SMILES string of the molecule is C=C(C)C(=O)NOC(=O)[C@H](Cc1cnc[nH]1)NC(=O)CCN. The largest absolute Gasteiger partial charge is 0.354 e. The Balaban J connectivity index is 2.66. The minimum absolute atomic E-state index is 0.0743. The molecule has 0 bridgehead atoms. The smallest absolute Gasteiger partial charge is 0.348 e. The summed E-state index contributed by atoms with van der Waals surface area (Å²) in [5.74, 6) is -1.83. The van der Waals surface area contributed by atoms with Crippen molar-refractivity contribution >= 4 is 17.8 Å². The molecule has 0 fully saturated rings. The topological polar surface area (TPSA) is 139 Å². The van der Waals surface area contributed by atoms with Gasteiger partial charge in [0.05, 0.1) is 6.33 Å². The van der Waals surface area contributed by atoms with Crippen molar-refractivity contribution in [2.75, 3.05) is 6.54 Å². The van der Waals surface area contributed by atoms with Crippen molar-refractivity contribution in [2.45, 2.75) is 25.8 Å². The molecule has 0 unspecified atom stereocenters. The van der Waals surface area contributed by atoms with Crippen LogP contribution in [0.5, 0.6) is 0 Å². The summed E-state index contributed by atoms with van der Waals surface area (Å²) >= 11 is 0. The van der Waals surface area contributed by atoms with Crippen LogP contribution in [0.4, 0.5) is 0 Å². The van der Waals surface area contributed by atoms with Crippen LogP contribution in [0, 0.1) is 0 Å². The summed E-state index contributed by atoms with van der Waals surface area (Å²) in [5, 5.41) is 2.49.